The van der Waals surface area contributed by atoms with Crippen LogP contribution in [-0.4, -0.2) is 36.3 Å². The third kappa shape index (κ3) is 5.57. The summed E-state index contributed by atoms with van der Waals surface area (Å²) in [7, 11) is -1.80. The molecular weight excluding hydrogens is 478 g/mol. The van der Waals surface area contributed by atoms with Crippen LogP contribution in [0.5, 0.6) is 0 Å². The Bertz CT molecular complexity index is 1330. The molecule has 0 aliphatic carbocycles. The molecule has 0 atom stereocenters. The van der Waals surface area contributed by atoms with E-state index in [1.54, 1.807) is 0 Å². The van der Waals surface area contributed by atoms with E-state index >= 15 is 0 Å². The maximum atomic E-state index is 13.2. The van der Waals surface area contributed by atoms with Crippen LogP contribution in [-0.2, 0) is 17.1 Å². The molecule has 0 aliphatic rings. The van der Waals surface area contributed by atoms with Gasteiger partial charge in [0.1, 0.15) is 0 Å². The first-order chi connectivity index (χ1) is 15.4. The highest BCUT2D eigenvalue weighted by Crippen LogP contribution is 2.26. The number of nitrogens with zero attached hydrogens (tertiary/aromatic N) is 3. The van der Waals surface area contributed by atoms with Crippen molar-refractivity contribution in [1.29, 1.82) is 0 Å². The minimum absolute atomic E-state index is 0.179. The van der Waals surface area contributed by atoms with Crippen molar-refractivity contribution in [2.75, 3.05) is 13.1 Å². The third-order valence-corrected chi connectivity index (χ3v) is 8.58. The summed E-state index contributed by atoms with van der Waals surface area (Å²) < 4.78 is 30.7. The minimum atomic E-state index is -3.65. The SMILES string of the molecule is Cc1c(Cl)ccc2sc(=NC(=O)c3ccc(S(=O)(=O)N(CC(C)C)CC(C)C)cc3)n(C)c12. The summed E-state index contributed by atoms with van der Waals surface area (Å²) in [6.07, 6.45) is 0. The molecule has 3 aromatic rings. The number of benzene rings is 2. The van der Waals surface area contributed by atoms with Crippen LogP contribution in [0.25, 0.3) is 10.2 Å². The average molecular weight is 508 g/mol. The zero-order chi connectivity index (χ0) is 24.5. The Morgan fingerprint density at radius 2 is 1.64 bits per heavy atom. The summed E-state index contributed by atoms with van der Waals surface area (Å²) in [4.78, 5) is 17.8. The van der Waals surface area contributed by atoms with E-state index in [0.29, 0.717) is 28.5 Å². The summed E-state index contributed by atoms with van der Waals surface area (Å²) in [6.45, 7) is 10.8. The van der Waals surface area contributed by atoms with E-state index in [0.717, 1.165) is 15.8 Å². The summed E-state index contributed by atoms with van der Waals surface area (Å²) in [5.41, 5.74) is 2.21. The van der Waals surface area contributed by atoms with Gasteiger partial charge in [0, 0.05) is 30.7 Å². The number of carbonyl (C=O) groups excluding carboxylic acids is 1. The second kappa shape index (κ2) is 10.1. The Morgan fingerprint density at radius 1 is 1.06 bits per heavy atom. The fourth-order valence-corrected chi connectivity index (χ4v) is 6.66. The van der Waals surface area contributed by atoms with Crippen LogP contribution in [0.4, 0.5) is 0 Å². The van der Waals surface area contributed by atoms with Gasteiger partial charge in [0.15, 0.2) is 4.80 Å². The number of fused-ring (bicyclic) bond motifs is 1. The van der Waals surface area contributed by atoms with E-state index in [1.165, 1.54) is 39.9 Å². The molecule has 0 bridgehead atoms. The predicted molar refractivity (Wildman–Crippen MR) is 135 cm³/mol. The molecule has 1 amide bonds. The molecule has 0 fully saturated rings. The van der Waals surface area contributed by atoms with Crippen molar-refractivity contribution in [2.45, 2.75) is 39.5 Å². The lowest BCUT2D eigenvalue weighted by atomic mass is 10.2. The molecule has 9 heteroatoms. The summed E-state index contributed by atoms with van der Waals surface area (Å²) >= 11 is 7.65. The molecule has 6 nitrogen and oxygen atoms in total. The fourth-order valence-electron chi connectivity index (χ4n) is 3.67. The summed E-state index contributed by atoms with van der Waals surface area (Å²) in [5.74, 6) is -0.0106. The lowest BCUT2D eigenvalue weighted by Gasteiger charge is -2.25. The number of carbonyl (C=O) groups is 1. The predicted octanol–water partition coefficient (Wildman–Crippen LogP) is 5.25. The first-order valence-corrected chi connectivity index (χ1v) is 13.5. The van der Waals surface area contributed by atoms with Crippen molar-refractivity contribution in [3.8, 4) is 0 Å². The molecule has 3 rings (SSSR count). The molecule has 1 heterocycles. The Hall–Kier alpha value is -2.00. The van der Waals surface area contributed by atoms with Gasteiger partial charge in [-0.05, 0) is 60.7 Å². The number of halogens is 1. The standard InChI is InChI=1S/C24H30ClN3O3S2/c1-15(2)13-28(14-16(3)4)33(30,31)19-9-7-18(8-10-19)23(29)26-24-27(6)22-17(5)20(25)11-12-21(22)32-24/h7-12,15-16H,13-14H2,1-6H3. The van der Waals surface area contributed by atoms with E-state index in [1.807, 2.05) is 58.4 Å². The van der Waals surface area contributed by atoms with Gasteiger partial charge in [-0.25, -0.2) is 8.42 Å². The average Bonchev–Trinajstić information content (AvgIpc) is 3.05. The number of sulfonamides is 1. The third-order valence-electron chi connectivity index (χ3n) is 5.23. The minimum Gasteiger partial charge on any atom is -0.319 e. The number of aryl methyl sites for hydroxylation is 2. The molecule has 178 valence electrons. The highest BCUT2D eigenvalue weighted by Gasteiger charge is 2.26. The lowest BCUT2D eigenvalue weighted by molar-refractivity contribution is 0.0998. The summed E-state index contributed by atoms with van der Waals surface area (Å²) in [6, 6.07) is 9.77. The van der Waals surface area contributed by atoms with Crippen molar-refractivity contribution in [1.82, 2.24) is 8.87 Å². The molecule has 0 saturated carbocycles. The Labute approximate surface area is 204 Å². The second-order valence-corrected chi connectivity index (χ2v) is 12.4. The van der Waals surface area contributed by atoms with Gasteiger partial charge in [-0.3, -0.25) is 4.79 Å². The van der Waals surface area contributed by atoms with E-state index < -0.39 is 15.9 Å². The van der Waals surface area contributed by atoms with Crippen LogP contribution in [0, 0.1) is 18.8 Å². The largest absolute Gasteiger partial charge is 0.319 e. The quantitative estimate of drug-likeness (QED) is 0.438. The zero-order valence-electron chi connectivity index (χ0n) is 19.8. The highest BCUT2D eigenvalue weighted by molar-refractivity contribution is 7.89. The van der Waals surface area contributed by atoms with E-state index in [2.05, 4.69) is 4.99 Å². The van der Waals surface area contributed by atoms with Gasteiger partial charge in [-0.1, -0.05) is 50.6 Å². The van der Waals surface area contributed by atoms with Crippen LogP contribution in [0.3, 0.4) is 0 Å². The van der Waals surface area contributed by atoms with Gasteiger partial charge in [0.2, 0.25) is 10.0 Å². The second-order valence-electron chi connectivity index (χ2n) is 9.01. The highest BCUT2D eigenvalue weighted by atomic mass is 35.5. The fraction of sp³-hybridized carbons (Fsp3) is 0.417. The maximum absolute atomic E-state index is 13.2. The van der Waals surface area contributed by atoms with Gasteiger partial charge in [-0.15, -0.1) is 0 Å². The van der Waals surface area contributed by atoms with E-state index in [-0.39, 0.29) is 16.7 Å². The van der Waals surface area contributed by atoms with Crippen LogP contribution in [0.15, 0.2) is 46.3 Å². The molecule has 33 heavy (non-hydrogen) atoms. The molecule has 0 spiro atoms. The van der Waals surface area contributed by atoms with Crippen LogP contribution in [0.2, 0.25) is 5.02 Å². The lowest BCUT2D eigenvalue weighted by Crippen LogP contribution is -2.37. The number of hydrogen-bond acceptors (Lipinski definition) is 4. The number of aromatic nitrogens is 1. The topological polar surface area (TPSA) is 71.7 Å². The molecule has 2 aromatic carbocycles. The Kier molecular flexibility index (Phi) is 7.84. The van der Waals surface area contributed by atoms with Crippen molar-refractivity contribution in [3.63, 3.8) is 0 Å². The summed E-state index contributed by atoms with van der Waals surface area (Å²) in [5, 5.41) is 0.662. The molecular formula is C24H30ClN3O3S2. The monoisotopic (exact) mass is 507 g/mol. The number of thiazole rings is 1. The van der Waals surface area contributed by atoms with Gasteiger partial charge in [-0.2, -0.15) is 9.30 Å². The molecule has 0 saturated heterocycles. The molecule has 0 unspecified atom stereocenters. The maximum Gasteiger partial charge on any atom is 0.279 e. The number of rotatable bonds is 7. The van der Waals surface area contributed by atoms with E-state index in [9.17, 15) is 13.2 Å². The Morgan fingerprint density at radius 3 is 2.18 bits per heavy atom. The molecule has 0 aliphatic heterocycles. The van der Waals surface area contributed by atoms with Gasteiger partial charge in [0.25, 0.3) is 5.91 Å². The Balaban J connectivity index is 1.93. The van der Waals surface area contributed by atoms with Crippen LogP contribution < -0.4 is 4.80 Å². The normalized spacial score (nSPS) is 13.1. The molecule has 0 radical (unpaired) electrons. The van der Waals surface area contributed by atoms with Gasteiger partial charge < -0.3 is 4.57 Å². The number of amides is 1. The van der Waals surface area contributed by atoms with Crippen molar-refractivity contribution in [2.24, 2.45) is 23.9 Å². The molecule has 1 aromatic heterocycles. The van der Waals surface area contributed by atoms with E-state index in [4.69, 9.17) is 11.6 Å². The van der Waals surface area contributed by atoms with Gasteiger partial charge >= 0.3 is 0 Å². The van der Waals surface area contributed by atoms with Crippen LogP contribution in [0.1, 0.15) is 43.6 Å². The van der Waals surface area contributed by atoms with Gasteiger partial charge in [0.05, 0.1) is 15.1 Å². The smallest absolute Gasteiger partial charge is 0.279 e. The first-order valence-electron chi connectivity index (χ1n) is 10.9. The zero-order valence-corrected chi connectivity index (χ0v) is 22.2. The van der Waals surface area contributed by atoms with Crippen molar-refractivity contribution in [3.05, 3.63) is 57.3 Å². The van der Waals surface area contributed by atoms with Crippen molar-refractivity contribution < 1.29 is 13.2 Å². The first kappa shape index (κ1) is 25.6. The molecule has 0 N–H and O–H groups in total. The number of hydrogen-bond donors (Lipinski definition) is 0. The van der Waals surface area contributed by atoms with Crippen molar-refractivity contribution >= 4 is 49.1 Å². The van der Waals surface area contributed by atoms with Crippen LogP contribution >= 0.6 is 22.9 Å².